The van der Waals surface area contributed by atoms with Crippen molar-refractivity contribution in [2.24, 2.45) is 0 Å². The lowest BCUT2D eigenvalue weighted by Gasteiger charge is -2.31. The van der Waals surface area contributed by atoms with E-state index in [4.69, 9.17) is 11.6 Å². The van der Waals surface area contributed by atoms with Gasteiger partial charge in [0.2, 0.25) is 0 Å². The monoisotopic (exact) mass is 321 g/mol. The minimum atomic E-state index is -0.434. The summed E-state index contributed by atoms with van der Waals surface area (Å²) in [6.45, 7) is 3.63. The fourth-order valence-corrected chi connectivity index (χ4v) is 2.74. The quantitative estimate of drug-likeness (QED) is 0.785. The summed E-state index contributed by atoms with van der Waals surface area (Å²) in [5.41, 5.74) is -0.270. The Bertz CT molecular complexity index is 742. The Balaban J connectivity index is 1.97. The molecule has 3 rings (SSSR count). The molecule has 2 N–H and O–H groups in total. The van der Waals surface area contributed by atoms with Gasteiger partial charge in [-0.05, 0) is 24.3 Å². The zero-order valence-corrected chi connectivity index (χ0v) is 13.1. The number of aromatic amines is 1. The molecule has 1 aromatic carbocycles. The van der Waals surface area contributed by atoms with E-state index in [0.29, 0.717) is 16.5 Å². The van der Waals surface area contributed by atoms with E-state index in [1.807, 2.05) is 4.90 Å². The van der Waals surface area contributed by atoms with Crippen LogP contribution in [0.2, 0.25) is 5.02 Å². The molecule has 0 spiro atoms. The smallest absolute Gasteiger partial charge is 0.334 e. The third-order valence-corrected chi connectivity index (χ3v) is 4.21. The van der Waals surface area contributed by atoms with Crippen molar-refractivity contribution in [3.05, 3.63) is 56.2 Å². The third-order valence-electron chi connectivity index (χ3n) is 3.96. The van der Waals surface area contributed by atoms with Crippen LogP contribution in [-0.4, -0.2) is 42.8 Å². The molecule has 1 aliphatic rings. The highest BCUT2D eigenvalue weighted by atomic mass is 35.5. The number of hydrogen-bond acceptors (Lipinski definition) is 3. The Morgan fingerprint density at radius 3 is 2.36 bits per heavy atom. The lowest BCUT2D eigenvalue weighted by atomic mass is 10.3. The lowest BCUT2D eigenvalue weighted by molar-refractivity contribution is -0.880. The largest absolute Gasteiger partial charge is 0.347 e. The molecule has 7 heteroatoms. The summed E-state index contributed by atoms with van der Waals surface area (Å²) < 4.78 is 1.11. The van der Waals surface area contributed by atoms with E-state index in [1.54, 1.807) is 24.3 Å². The van der Waals surface area contributed by atoms with Gasteiger partial charge in [0.05, 0.1) is 38.9 Å². The Morgan fingerprint density at radius 1 is 1.14 bits per heavy atom. The minimum absolute atomic E-state index is 0.340. The second kappa shape index (κ2) is 5.98. The average Bonchev–Trinajstić information content (AvgIpc) is 2.49. The van der Waals surface area contributed by atoms with Gasteiger partial charge >= 0.3 is 5.69 Å². The lowest BCUT2D eigenvalue weighted by Crippen LogP contribution is -3.12. The van der Waals surface area contributed by atoms with Crippen LogP contribution in [-0.2, 0) is 0 Å². The first-order chi connectivity index (χ1) is 10.5. The Labute approximate surface area is 132 Å². The molecule has 2 heterocycles. The summed E-state index contributed by atoms with van der Waals surface area (Å²) in [6.07, 6.45) is 0. The van der Waals surface area contributed by atoms with Crippen LogP contribution in [0.3, 0.4) is 0 Å². The van der Waals surface area contributed by atoms with E-state index >= 15 is 0 Å². The maximum absolute atomic E-state index is 12.3. The van der Waals surface area contributed by atoms with Gasteiger partial charge in [0, 0.05) is 11.1 Å². The number of rotatable bonds is 2. The number of nitrogens with one attached hydrogen (secondary N) is 2. The highest BCUT2D eigenvalue weighted by Gasteiger charge is 2.19. The van der Waals surface area contributed by atoms with E-state index in [0.717, 1.165) is 30.7 Å². The predicted molar refractivity (Wildman–Crippen MR) is 86.5 cm³/mol. The van der Waals surface area contributed by atoms with Crippen molar-refractivity contribution < 1.29 is 4.90 Å². The van der Waals surface area contributed by atoms with E-state index in [1.165, 1.54) is 11.0 Å². The molecular weight excluding hydrogens is 304 g/mol. The molecule has 1 fully saturated rings. The first-order valence-electron chi connectivity index (χ1n) is 7.23. The van der Waals surface area contributed by atoms with Crippen LogP contribution in [0.5, 0.6) is 0 Å². The van der Waals surface area contributed by atoms with Gasteiger partial charge < -0.3 is 9.80 Å². The molecule has 0 saturated carbocycles. The SMILES string of the molecule is C[NH+]1CCN(c2cc(=O)n(-c3ccc(Cl)cc3)c(=O)[nH]2)CC1. The highest BCUT2D eigenvalue weighted by molar-refractivity contribution is 6.30. The van der Waals surface area contributed by atoms with Crippen molar-refractivity contribution in [3.63, 3.8) is 0 Å². The fraction of sp³-hybridized carbons (Fsp3) is 0.333. The van der Waals surface area contributed by atoms with Crippen molar-refractivity contribution in [1.29, 1.82) is 0 Å². The van der Waals surface area contributed by atoms with Gasteiger partial charge in [-0.3, -0.25) is 9.78 Å². The van der Waals surface area contributed by atoms with Gasteiger partial charge in [-0.25, -0.2) is 9.36 Å². The molecule has 0 bridgehead atoms. The van der Waals surface area contributed by atoms with Gasteiger partial charge in [-0.1, -0.05) is 11.6 Å². The second-order valence-electron chi connectivity index (χ2n) is 5.55. The number of halogens is 1. The molecular formula is C15H18ClN4O2+. The van der Waals surface area contributed by atoms with E-state index in [9.17, 15) is 9.59 Å². The Morgan fingerprint density at radius 2 is 1.77 bits per heavy atom. The van der Waals surface area contributed by atoms with E-state index in [2.05, 4.69) is 12.0 Å². The molecule has 22 heavy (non-hydrogen) atoms. The second-order valence-corrected chi connectivity index (χ2v) is 5.99. The molecule has 1 saturated heterocycles. The molecule has 2 aromatic rings. The Hall–Kier alpha value is -2.05. The van der Waals surface area contributed by atoms with Gasteiger partial charge in [0.25, 0.3) is 5.56 Å². The molecule has 0 unspecified atom stereocenters. The van der Waals surface area contributed by atoms with Gasteiger partial charge in [0.1, 0.15) is 5.82 Å². The first-order valence-corrected chi connectivity index (χ1v) is 7.61. The number of quaternary nitrogens is 1. The van der Waals surface area contributed by atoms with Crippen molar-refractivity contribution in [2.75, 3.05) is 38.1 Å². The van der Waals surface area contributed by atoms with E-state index < -0.39 is 5.69 Å². The maximum atomic E-state index is 12.3. The number of benzene rings is 1. The summed E-state index contributed by atoms with van der Waals surface area (Å²) in [4.78, 5) is 30.9. The molecule has 0 atom stereocenters. The van der Waals surface area contributed by atoms with Crippen LogP contribution < -0.4 is 21.0 Å². The summed E-state index contributed by atoms with van der Waals surface area (Å²) >= 11 is 5.84. The summed E-state index contributed by atoms with van der Waals surface area (Å²) in [5, 5.41) is 0.560. The van der Waals surface area contributed by atoms with Crippen LogP contribution >= 0.6 is 11.6 Å². The first kappa shape index (κ1) is 14.9. The molecule has 1 aliphatic heterocycles. The number of piperazine rings is 1. The molecule has 0 aliphatic carbocycles. The van der Waals surface area contributed by atoms with Gasteiger partial charge in [-0.15, -0.1) is 0 Å². The number of aromatic nitrogens is 2. The number of H-pyrrole nitrogens is 1. The third kappa shape index (κ3) is 2.93. The summed E-state index contributed by atoms with van der Waals surface area (Å²) in [5.74, 6) is 0.590. The number of anilines is 1. The van der Waals surface area contributed by atoms with Crippen molar-refractivity contribution in [2.45, 2.75) is 0 Å². The van der Waals surface area contributed by atoms with Crippen LogP contribution in [0, 0.1) is 0 Å². The number of likely N-dealkylation sites (N-methyl/N-ethyl adjacent to an activating group) is 1. The zero-order valence-electron chi connectivity index (χ0n) is 12.3. The number of hydrogen-bond donors (Lipinski definition) is 2. The van der Waals surface area contributed by atoms with Crippen molar-refractivity contribution in [1.82, 2.24) is 9.55 Å². The van der Waals surface area contributed by atoms with Crippen LogP contribution in [0.15, 0.2) is 39.9 Å². The molecule has 116 valence electrons. The van der Waals surface area contributed by atoms with Gasteiger partial charge in [0.15, 0.2) is 0 Å². The normalized spacial score (nSPS) is 16.0. The Kier molecular flexibility index (Phi) is 4.04. The summed E-state index contributed by atoms with van der Waals surface area (Å²) in [7, 11) is 2.14. The molecule has 0 amide bonds. The zero-order chi connectivity index (χ0) is 15.7. The molecule has 0 radical (unpaired) electrons. The van der Waals surface area contributed by atoms with Crippen LogP contribution in [0.4, 0.5) is 5.82 Å². The standard InChI is InChI=1S/C15H17ClN4O2/c1-18-6-8-19(9-7-18)13-10-14(21)20(15(22)17-13)12-4-2-11(16)3-5-12/h2-5,10H,6-9H2,1H3,(H,17,22)/p+1. The van der Waals surface area contributed by atoms with Crippen LogP contribution in [0.25, 0.3) is 5.69 Å². The topological polar surface area (TPSA) is 62.5 Å². The van der Waals surface area contributed by atoms with Crippen LogP contribution in [0.1, 0.15) is 0 Å². The fourth-order valence-electron chi connectivity index (χ4n) is 2.62. The average molecular weight is 322 g/mol. The predicted octanol–water partition coefficient (Wildman–Crippen LogP) is -0.486. The number of nitrogens with zero attached hydrogens (tertiary/aromatic N) is 2. The summed E-state index contributed by atoms with van der Waals surface area (Å²) in [6, 6.07) is 8.09. The molecule has 6 nitrogen and oxygen atoms in total. The van der Waals surface area contributed by atoms with Crippen molar-refractivity contribution in [3.8, 4) is 5.69 Å². The van der Waals surface area contributed by atoms with Gasteiger partial charge in [-0.2, -0.15) is 0 Å². The minimum Gasteiger partial charge on any atom is -0.347 e. The highest BCUT2D eigenvalue weighted by Crippen LogP contribution is 2.11. The van der Waals surface area contributed by atoms with Crippen molar-refractivity contribution >= 4 is 17.4 Å². The molecule has 1 aromatic heterocycles. The van der Waals surface area contributed by atoms with E-state index in [-0.39, 0.29) is 5.56 Å². The maximum Gasteiger partial charge on any atom is 0.334 e.